The lowest BCUT2D eigenvalue weighted by molar-refractivity contribution is -0.145. The van der Waals surface area contributed by atoms with Crippen molar-refractivity contribution in [3.8, 4) is 0 Å². The van der Waals surface area contributed by atoms with E-state index >= 15 is 0 Å². The molecule has 5 nitrogen and oxygen atoms in total. The van der Waals surface area contributed by atoms with E-state index in [1.165, 1.54) is 0 Å². The van der Waals surface area contributed by atoms with Crippen molar-refractivity contribution in [2.45, 2.75) is 52.1 Å². The van der Waals surface area contributed by atoms with Gasteiger partial charge in [-0.15, -0.1) is 0 Å². The molecule has 0 aromatic heterocycles. The smallest absolute Gasteiger partial charge is 0.242 e. The summed E-state index contributed by atoms with van der Waals surface area (Å²) < 4.78 is 0. The Morgan fingerprint density at radius 3 is 2.78 bits per heavy atom. The van der Waals surface area contributed by atoms with Crippen molar-refractivity contribution < 1.29 is 9.59 Å². The normalized spacial score (nSPS) is 23.4. The number of carbonyl (C=O) groups excluding carboxylic acids is 2. The summed E-state index contributed by atoms with van der Waals surface area (Å²) in [5.74, 6) is -0.00324. The van der Waals surface area contributed by atoms with Crippen LogP contribution in [0.1, 0.15) is 40.0 Å². The number of amides is 2. The van der Waals surface area contributed by atoms with E-state index in [-0.39, 0.29) is 29.8 Å². The number of nitrogens with two attached hydrogens (primary N) is 1. The summed E-state index contributed by atoms with van der Waals surface area (Å²) in [6.07, 6.45) is 2.73. The molecule has 0 aromatic carbocycles. The highest BCUT2D eigenvalue weighted by Crippen LogP contribution is 2.15. The summed E-state index contributed by atoms with van der Waals surface area (Å²) in [7, 11) is 0. The predicted molar refractivity (Wildman–Crippen MR) is 70.8 cm³/mol. The van der Waals surface area contributed by atoms with Gasteiger partial charge in [0, 0.05) is 25.0 Å². The minimum atomic E-state index is -0.345. The van der Waals surface area contributed by atoms with Gasteiger partial charge in [0.1, 0.15) is 6.04 Å². The number of carbonyl (C=O) groups is 2. The molecule has 1 fully saturated rings. The number of hydrogen-bond acceptors (Lipinski definition) is 3. The largest absolute Gasteiger partial charge is 0.353 e. The summed E-state index contributed by atoms with van der Waals surface area (Å²) >= 11 is 0. The highest BCUT2D eigenvalue weighted by Gasteiger charge is 2.31. The molecular formula is C13H25N3O2. The van der Waals surface area contributed by atoms with Crippen LogP contribution >= 0.6 is 0 Å². The average Bonchev–Trinajstić information content (AvgIpc) is 2.31. The van der Waals surface area contributed by atoms with Crippen molar-refractivity contribution >= 4 is 11.8 Å². The quantitative estimate of drug-likeness (QED) is 0.750. The van der Waals surface area contributed by atoms with Crippen molar-refractivity contribution in [2.75, 3.05) is 13.1 Å². The maximum absolute atomic E-state index is 12.2. The predicted octanol–water partition coefficient (Wildman–Crippen LogP) is 0.487. The highest BCUT2D eigenvalue weighted by atomic mass is 16.2. The first-order valence-corrected chi connectivity index (χ1v) is 6.77. The number of nitrogens with zero attached hydrogens (tertiary/aromatic N) is 1. The molecule has 3 unspecified atom stereocenters. The lowest BCUT2D eigenvalue weighted by atomic mass is 9.99. The van der Waals surface area contributed by atoms with Gasteiger partial charge in [-0.1, -0.05) is 13.3 Å². The molecule has 5 heteroatoms. The molecule has 0 aromatic rings. The average molecular weight is 255 g/mol. The van der Waals surface area contributed by atoms with E-state index < -0.39 is 0 Å². The topological polar surface area (TPSA) is 75.4 Å². The van der Waals surface area contributed by atoms with Gasteiger partial charge in [0.15, 0.2) is 0 Å². The molecule has 1 aliphatic rings. The summed E-state index contributed by atoms with van der Waals surface area (Å²) in [5.41, 5.74) is 5.69. The molecule has 18 heavy (non-hydrogen) atoms. The lowest BCUT2D eigenvalue weighted by Gasteiger charge is -2.34. The Kier molecular flexibility index (Phi) is 5.59. The first-order chi connectivity index (χ1) is 8.43. The third kappa shape index (κ3) is 3.98. The molecule has 1 heterocycles. The SMILES string of the molecule is CC(N)CCCC(C)C(=O)N1CCNC(=O)C1C. The fraction of sp³-hybridized carbons (Fsp3) is 0.846. The molecule has 0 radical (unpaired) electrons. The summed E-state index contributed by atoms with van der Waals surface area (Å²) in [4.78, 5) is 25.4. The molecule has 0 spiro atoms. The number of piperazine rings is 1. The van der Waals surface area contributed by atoms with E-state index in [1.54, 1.807) is 11.8 Å². The van der Waals surface area contributed by atoms with Crippen LogP contribution in [0.4, 0.5) is 0 Å². The first kappa shape index (κ1) is 15.0. The third-order valence-electron chi connectivity index (χ3n) is 3.50. The van der Waals surface area contributed by atoms with Crippen LogP contribution in [0.5, 0.6) is 0 Å². The molecule has 2 amide bonds. The van der Waals surface area contributed by atoms with E-state index in [0.29, 0.717) is 13.1 Å². The fourth-order valence-corrected chi connectivity index (χ4v) is 2.24. The summed E-state index contributed by atoms with van der Waals surface area (Å²) in [6, 6.07) is -0.158. The maximum Gasteiger partial charge on any atom is 0.242 e. The molecule has 1 saturated heterocycles. The molecule has 3 N–H and O–H groups in total. The Morgan fingerprint density at radius 1 is 1.50 bits per heavy atom. The minimum absolute atomic E-state index is 0.0305. The molecular weight excluding hydrogens is 230 g/mol. The molecule has 3 atom stereocenters. The van der Waals surface area contributed by atoms with Crippen LogP contribution in [0, 0.1) is 5.92 Å². The Balaban J connectivity index is 2.44. The molecule has 1 aliphatic heterocycles. The van der Waals surface area contributed by atoms with E-state index in [0.717, 1.165) is 19.3 Å². The number of rotatable bonds is 5. The minimum Gasteiger partial charge on any atom is -0.353 e. The van der Waals surface area contributed by atoms with Crippen molar-refractivity contribution in [1.29, 1.82) is 0 Å². The molecule has 104 valence electrons. The molecule has 0 aliphatic carbocycles. The van der Waals surface area contributed by atoms with Crippen molar-refractivity contribution in [2.24, 2.45) is 11.7 Å². The molecule has 0 saturated carbocycles. The fourth-order valence-electron chi connectivity index (χ4n) is 2.24. The van der Waals surface area contributed by atoms with Crippen molar-refractivity contribution in [1.82, 2.24) is 10.2 Å². The summed E-state index contributed by atoms with van der Waals surface area (Å²) in [6.45, 7) is 6.86. The Morgan fingerprint density at radius 2 is 2.17 bits per heavy atom. The van der Waals surface area contributed by atoms with Gasteiger partial charge in [-0.3, -0.25) is 9.59 Å². The monoisotopic (exact) mass is 255 g/mol. The number of nitrogens with one attached hydrogen (secondary N) is 1. The Bertz CT molecular complexity index is 305. The van der Waals surface area contributed by atoms with Crippen LogP contribution in [0.3, 0.4) is 0 Å². The van der Waals surface area contributed by atoms with Gasteiger partial charge in [0.25, 0.3) is 0 Å². The Hall–Kier alpha value is -1.10. The van der Waals surface area contributed by atoms with E-state index in [1.807, 2.05) is 13.8 Å². The van der Waals surface area contributed by atoms with E-state index in [9.17, 15) is 9.59 Å². The van der Waals surface area contributed by atoms with Crippen LogP contribution < -0.4 is 11.1 Å². The van der Waals surface area contributed by atoms with Gasteiger partial charge in [0.2, 0.25) is 11.8 Å². The second-order valence-electron chi connectivity index (χ2n) is 5.31. The van der Waals surface area contributed by atoms with Gasteiger partial charge in [-0.2, -0.15) is 0 Å². The zero-order chi connectivity index (χ0) is 13.7. The van der Waals surface area contributed by atoms with Crippen LogP contribution in [0.25, 0.3) is 0 Å². The Labute approximate surface area is 109 Å². The van der Waals surface area contributed by atoms with Gasteiger partial charge in [0.05, 0.1) is 0 Å². The molecule has 0 bridgehead atoms. The van der Waals surface area contributed by atoms with Gasteiger partial charge in [-0.05, 0) is 26.7 Å². The third-order valence-corrected chi connectivity index (χ3v) is 3.50. The van der Waals surface area contributed by atoms with E-state index in [2.05, 4.69) is 5.32 Å². The summed E-state index contributed by atoms with van der Waals surface area (Å²) in [5, 5.41) is 2.76. The van der Waals surface area contributed by atoms with Gasteiger partial charge in [-0.25, -0.2) is 0 Å². The van der Waals surface area contributed by atoms with Crippen molar-refractivity contribution in [3.05, 3.63) is 0 Å². The van der Waals surface area contributed by atoms with E-state index in [4.69, 9.17) is 5.73 Å². The lowest BCUT2D eigenvalue weighted by Crippen LogP contribution is -2.56. The van der Waals surface area contributed by atoms with Gasteiger partial charge < -0.3 is 16.0 Å². The second kappa shape index (κ2) is 6.73. The first-order valence-electron chi connectivity index (χ1n) is 6.77. The van der Waals surface area contributed by atoms with Crippen molar-refractivity contribution in [3.63, 3.8) is 0 Å². The van der Waals surface area contributed by atoms with Crippen LogP contribution in [-0.4, -0.2) is 41.9 Å². The maximum atomic E-state index is 12.2. The zero-order valence-electron chi connectivity index (χ0n) is 11.6. The molecule has 1 rings (SSSR count). The van der Waals surface area contributed by atoms with Crippen LogP contribution in [-0.2, 0) is 9.59 Å². The highest BCUT2D eigenvalue weighted by molar-refractivity contribution is 5.89. The van der Waals surface area contributed by atoms with Crippen LogP contribution in [0.15, 0.2) is 0 Å². The second-order valence-corrected chi connectivity index (χ2v) is 5.31. The zero-order valence-corrected chi connectivity index (χ0v) is 11.6. The standard InChI is InChI=1S/C13H25N3O2/c1-9(5-4-6-10(2)14)13(18)16-8-7-15-12(17)11(16)3/h9-11H,4-8,14H2,1-3H3,(H,15,17). The van der Waals surface area contributed by atoms with Gasteiger partial charge >= 0.3 is 0 Å². The van der Waals surface area contributed by atoms with Crippen LogP contribution in [0.2, 0.25) is 0 Å². The number of hydrogen-bond donors (Lipinski definition) is 2.